The molecule has 0 spiro atoms. The number of hydrogen-bond acceptors (Lipinski definition) is 18. The van der Waals surface area contributed by atoms with Crippen molar-refractivity contribution in [1.29, 1.82) is 0 Å². The number of nitrogens with two attached hydrogens (primary N) is 6. The highest BCUT2D eigenvalue weighted by atomic mass is 32.1. The lowest BCUT2D eigenvalue weighted by Crippen LogP contribution is -2.39. The molecule has 0 aliphatic carbocycles. The summed E-state index contributed by atoms with van der Waals surface area (Å²) in [6.07, 6.45) is 1.36. The van der Waals surface area contributed by atoms with Gasteiger partial charge in [-0.05, 0) is 38.6 Å². The average Bonchev–Trinajstić information content (AvgIpc) is 3.60. The van der Waals surface area contributed by atoms with Crippen molar-refractivity contribution in [3.63, 3.8) is 0 Å². The van der Waals surface area contributed by atoms with Crippen LogP contribution in [0.3, 0.4) is 0 Å². The zero-order valence-corrected chi connectivity index (χ0v) is 30.3. The third-order valence-corrected chi connectivity index (χ3v) is 5.71. The highest BCUT2D eigenvalue weighted by molar-refractivity contribution is 7.80. The van der Waals surface area contributed by atoms with Crippen molar-refractivity contribution in [2.24, 2.45) is 40.3 Å². The molecule has 51 heavy (non-hydrogen) atoms. The summed E-state index contributed by atoms with van der Waals surface area (Å²) in [7, 11) is 0. The molecule has 1 saturated heterocycles. The van der Waals surface area contributed by atoms with Crippen molar-refractivity contribution in [2.75, 3.05) is 31.2 Å². The SMILES string of the molecule is CC(C)CC(N)C(=O)O.CC(O)C(N)C(=O)O.NC(CO)C(=O)O.NC(CS)C(=O)O.NC(CS)C(=O)O.NCC(=O)O.O=C(O)[C@@H]1CCCN1. The van der Waals surface area contributed by atoms with Crippen molar-refractivity contribution < 1.29 is 79.5 Å². The van der Waals surface area contributed by atoms with Crippen molar-refractivity contribution >= 4 is 67.0 Å². The van der Waals surface area contributed by atoms with Crippen LogP contribution < -0.4 is 39.7 Å². The number of thiol groups is 2. The molecule has 0 amide bonds. The Bertz CT molecular complexity index is 918. The van der Waals surface area contributed by atoms with Crippen LogP contribution in [0.2, 0.25) is 0 Å². The Morgan fingerprint density at radius 2 is 1.04 bits per heavy atom. The molecule has 22 N–H and O–H groups in total. The molecule has 1 heterocycles. The molecule has 0 saturated carbocycles. The van der Waals surface area contributed by atoms with Gasteiger partial charge in [0.2, 0.25) is 0 Å². The number of carboxylic acids is 7. The fourth-order valence-corrected chi connectivity index (χ4v) is 2.26. The van der Waals surface area contributed by atoms with E-state index in [0.29, 0.717) is 12.3 Å². The summed E-state index contributed by atoms with van der Waals surface area (Å²) in [5, 5.41) is 75.6. The molecule has 0 radical (unpaired) electrons. The first-order chi connectivity index (χ1) is 23.2. The minimum absolute atomic E-state index is 0.190. The third-order valence-electron chi connectivity index (χ3n) is 4.92. The normalized spacial score (nSPS) is 15.8. The van der Waals surface area contributed by atoms with E-state index in [1.54, 1.807) is 0 Å². The van der Waals surface area contributed by atoms with Crippen LogP contribution in [0.15, 0.2) is 0 Å². The maximum absolute atomic E-state index is 10.1. The Morgan fingerprint density at radius 1 is 0.686 bits per heavy atom. The lowest BCUT2D eigenvalue weighted by molar-refractivity contribution is -0.141. The van der Waals surface area contributed by atoms with Crippen molar-refractivity contribution in [3.05, 3.63) is 0 Å². The van der Waals surface area contributed by atoms with E-state index < -0.39 is 84.7 Å². The molecule has 0 bridgehead atoms. The first kappa shape index (κ1) is 59.8. The highest BCUT2D eigenvalue weighted by Crippen LogP contribution is 2.03. The van der Waals surface area contributed by atoms with Gasteiger partial charge in [-0.25, -0.2) is 0 Å². The van der Waals surface area contributed by atoms with Gasteiger partial charge in [0.25, 0.3) is 0 Å². The van der Waals surface area contributed by atoms with E-state index in [9.17, 15) is 33.6 Å². The molecule has 304 valence electrons. The maximum Gasteiger partial charge on any atom is 0.323 e. The highest BCUT2D eigenvalue weighted by Gasteiger charge is 2.20. The fraction of sp³-hybridized carbons (Fsp3) is 0.731. The molecule has 1 aliphatic heterocycles. The molecule has 0 aromatic rings. The number of aliphatic hydroxyl groups is 2. The smallest absolute Gasteiger partial charge is 0.323 e. The largest absolute Gasteiger partial charge is 0.480 e. The number of carboxylic acid groups (broad SMARTS) is 7. The number of rotatable bonds is 13. The number of nitrogens with one attached hydrogen (secondary N) is 1. The molecule has 0 aromatic heterocycles. The van der Waals surface area contributed by atoms with Gasteiger partial charge in [-0.3, -0.25) is 33.6 Å². The Morgan fingerprint density at radius 3 is 1.10 bits per heavy atom. The fourth-order valence-electron chi connectivity index (χ4n) is 1.94. The summed E-state index contributed by atoms with van der Waals surface area (Å²) in [5.74, 6) is -6.23. The van der Waals surface area contributed by atoms with E-state index in [2.05, 4.69) is 36.3 Å². The van der Waals surface area contributed by atoms with E-state index in [-0.39, 0.29) is 24.1 Å². The van der Waals surface area contributed by atoms with Gasteiger partial charge in [0, 0.05) is 11.5 Å². The third kappa shape index (κ3) is 48.8. The summed E-state index contributed by atoms with van der Waals surface area (Å²) in [6.45, 7) is 5.30. The van der Waals surface area contributed by atoms with Crippen molar-refractivity contribution in [3.8, 4) is 0 Å². The van der Waals surface area contributed by atoms with Crippen LogP contribution in [0.5, 0.6) is 0 Å². The van der Waals surface area contributed by atoms with Gasteiger partial charge in [0.05, 0.1) is 19.3 Å². The van der Waals surface area contributed by atoms with Gasteiger partial charge in [-0.15, -0.1) is 0 Å². The van der Waals surface area contributed by atoms with E-state index >= 15 is 0 Å². The zero-order valence-electron chi connectivity index (χ0n) is 28.5. The standard InChI is InChI=1S/C6H13NO2.C5H9NO2.C4H9NO3.C3H7NO3.2C3H7NO2S.C2H5NO2/c1-4(2)3-5(7)6(8)9;7-5(8)4-2-1-3-6-4;1-2(6)3(5)4(7)8;4-2(1-5)3(6)7;2*4-2(1-7)3(5)6;3-1-2(4)5/h4-5H,3,7H2,1-2H3,(H,8,9);4,6H,1-3H2,(H,7,8);2-3,6H,5H2,1H3,(H,7,8);2,5H,1,4H2,(H,6,7);2*2,7H,1,4H2,(H,5,6);1,3H2,(H,4,5)/t;4-;;;;;/m.0...../s1. The van der Waals surface area contributed by atoms with Crippen LogP contribution >= 0.6 is 25.3 Å². The minimum Gasteiger partial charge on any atom is -0.480 e. The average molecular weight is 788 g/mol. The molecule has 7 atom stereocenters. The Balaban J connectivity index is -0.000000116. The second-order valence-electron chi connectivity index (χ2n) is 10.1. The topological polar surface area (TPSA) is 470 Å². The summed E-state index contributed by atoms with van der Waals surface area (Å²) >= 11 is 7.30. The summed E-state index contributed by atoms with van der Waals surface area (Å²) < 4.78 is 0. The summed E-state index contributed by atoms with van der Waals surface area (Å²) in [6, 6.07) is -4.87. The molecule has 0 aromatic carbocycles. The van der Waals surface area contributed by atoms with Gasteiger partial charge >= 0.3 is 41.8 Å². The minimum atomic E-state index is -1.18. The first-order valence-corrected chi connectivity index (χ1v) is 15.8. The summed E-state index contributed by atoms with van der Waals surface area (Å²) in [5.41, 5.74) is 29.3. The first-order valence-electron chi connectivity index (χ1n) is 14.5. The summed E-state index contributed by atoms with van der Waals surface area (Å²) in [4.78, 5) is 68.5. The maximum atomic E-state index is 10.1. The molecule has 25 heteroatoms. The predicted octanol–water partition coefficient (Wildman–Crippen LogP) is -4.88. The number of aliphatic hydroxyl groups excluding tert-OH is 2. The monoisotopic (exact) mass is 787 g/mol. The Kier molecular flexibility index (Phi) is 44.4. The van der Waals surface area contributed by atoms with Crippen LogP contribution in [-0.2, 0) is 33.6 Å². The molecule has 23 nitrogen and oxygen atoms in total. The second kappa shape index (κ2) is 37.9. The van der Waals surface area contributed by atoms with Crippen LogP contribution in [0.4, 0.5) is 0 Å². The van der Waals surface area contributed by atoms with Gasteiger partial charge < -0.3 is 85.7 Å². The lowest BCUT2D eigenvalue weighted by atomic mass is 10.1. The lowest BCUT2D eigenvalue weighted by Gasteiger charge is -2.07. The van der Waals surface area contributed by atoms with Gasteiger partial charge in [-0.2, -0.15) is 25.3 Å². The van der Waals surface area contributed by atoms with E-state index in [0.717, 1.165) is 19.4 Å². The van der Waals surface area contributed by atoms with Crippen LogP contribution in [0.1, 0.15) is 40.0 Å². The quantitative estimate of drug-likeness (QED) is 0.0778. The van der Waals surface area contributed by atoms with Crippen molar-refractivity contribution in [2.45, 2.75) is 82.4 Å². The van der Waals surface area contributed by atoms with E-state index in [1.807, 2.05) is 13.8 Å². The van der Waals surface area contributed by atoms with Crippen LogP contribution in [0, 0.1) is 5.92 Å². The predicted molar refractivity (Wildman–Crippen MR) is 189 cm³/mol. The van der Waals surface area contributed by atoms with Gasteiger partial charge in [-0.1, -0.05) is 13.8 Å². The molecule has 1 rings (SSSR count). The Labute approximate surface area is 305 Å². The molecule has 1 fully saturated rings. The molecular weight excluding hydrogens is 730 g/mol. The number of hydrogen-bond donors (Lipinski definition) is 18. The molecular formula is C26H57N7O16S2. The molecule has 1 aliphatic rings. The van der Waals surface area contributed by atoms with Crippen LogP contribution in [-0.4, -0.2) is 161 Å². The number of aliphatic carboxylic acids is 7. The van der Waals surface area contributed by atoms with Crippen molar-refractivity contribution in [1.82, 2.24) is 5.32 Å². The van der Waals surface area contributed by atoms with E-state index in [4.69, 9.17) is 74.6 Å². The zero-order chi connectivity index (χ0) is 42.0. The second-order valence-corrected chi connectivity index (χ2v) is 10.9. The van der Waals surface area contributed by atoms with Gasteiger partial charge in [0.15, 0.2) is 0 Å². The van der Waals surface area contributed by atoms with E-state index in [1.165, 1.54) is 6.92 Å². The number of carbonyl (C=O) groups is 7. The van der Waals surface area contributed by atoms with Crippen LogP contribution in [0.25, 0.3) is 0 Å². The Hall–Kier alpha value is -3.37. The van der Waals surface area contributed by atoms with Gasteiger partial charge in [0.1, 0.15) is 36.3 Å². The molecule has 6 unspecified atom stereocenters.